The molecule has 2 aliphatic rings. The number of thiocarbonyl (C=S) groups is 1. The van der Waals surface area contributed by atoms with Crippen LogP contribution in [0.5, 0.6) is 0 Å². The van der Waals surface area contributed by atoms with Crippen molar-refractivity contribution in [3.8, 4) is 0 Å². The van der Waals surface area contributed by atoms with Crippen molar-refractivity contribution in [2.45, 2.75) is 39.5 Å². The third-order valence-electron chi connectivity index (χ3n) is 4.16. The summed E-state index contributed by atoms with van der Waals surface area (Å²) in [6, 6.07) is 0. The van der Waals surface area contributed by atoms with Crippen molar-refractivity contribution >= 4 is 29.1 Å². The van der Waals surface area contributed by atoms with Crippen LogP contribution in [0.2, 0.25) is 0 Å². The molecular weight excluding hydrogens is 259 g/mol. The minimum absolute atomic E-state index is 0. The van der Waals surface area contributed by atoms with Crippen molar-refractivity contribution in [1.29, 1.82) is 0 Å². The molecule has 3 unspecified atom stereocenters. The molecule has 6 heteroatoms. The zero-order chi connectivity index (χ0) is 12.6. The number of nitrogens with one attached hydrogen (secondary N) is 1. The average Bonchev–Trinajstić information content (AvgIpc) is 2.55. The molecule has 0 aromatic rings. The Morgan fingerprint density at radius 2 is 2.22 bits per heavy atom. The molecule has 1 spiro atoms. The van der Waals surface area contributed by atoms with E-state index < -0.39 is 5.41 Å². The Kier molecular flexibility index (Phi) is 5.35. The number of carbonyl (C=O) groups excluding carboxylic acids is 1. The summed E-state index contributed by atoms with van der Waals surface area (Å²) in [6.07, 6.45) is 3.71. The Balaban J connectivity index is 0.00000162. The van der Waals surface area contributed by atoms with Crippen molar-refractivity contribution < 1.29 is 39.5 Å². The van der Waals surface area contributed by atoms with Crippen LogP contribution < -0.4 is 40.0 Å². The number of hydrogen-bond donors (Lipinski definition) is 1. The first-order valence-corrected chi connectivity index (χ1v) is 6.55. The number of amides is 1. The van der Waals surface area contributed by atoms with Gasteiger partial charge in [0.25, 0.3) is 0 Å². The fraction of sp³-hybridized carbons (Fsp3) is 0.750. The second-order valence-corrected chi connectivity index (χ2v) is 5.40. The Morgan fingerprint density at radius 3 is 2.78 bits per heavy atom. The van der Waals surface area contributed by atoms with E-state index in [4.69, 9.17) is 12.2 Å². The second-order valence-electron chi connectivity index (χ2n) is 5.01. The predicted octanol–water partition coefficient (Wildman–Crippen LogP) is -2.00. The first-order chi connectivity index (χ1) is 8.03. The fourth-order valence-corrected chi connectivity index (χ4v) is 3.51. The summed E-state index contributed by atoms with van der Waals surface area (Å²) in [4.78, 5) is 16.1. The molecule has 4 nitrogen and oxygen atoms in total. The zero-order valence-electron chi connectivity index (χ0n) is 11.2. The molecule has 0 saturated heterocycles. The van der Waals surface area contributed by atoms with Crippen LogP contribution in [-0.2, 0) is 4.79 Å². The summed E-state index contributed by atoms with van der Waals surface area (Å²) in [5.74, 6) is -0.388. The molecule has 0 bridgehead atoms. The Morgan fingerprint density at radius 1 is 1.56 bits per heavy atom. The van der Waals surface area contributed by atoms with E-state index >= 15 is 0 Å². The van der Waals surface area contributed by atoms with Crippen LogP contribution in [0.4, 0.5) is 0 Å². The molecule has 1 fully saturated rings. The zero-order valence-corrected chi connectivity index (χ0v) is 14.0. The third kappa shape index (κ3) is 2.26. The Bertz CT molecular complexity index is 398. The van der Waals surface area contributed by atoms with Crippen LogP contribution >= 0.6 is 12.2 Å². The molecule has 1 saturated carbocycles. The predicted molar refractivity (Wildman–Crippen MR) is 67.4 cm³/mol. The van der Waals surface area contributed by atoms with Crippen molar-refractivity contribution in [3.63, 3.8) is 0 Å². The van der Waals surface area contributed by atoms with Crippen LogP contribution in [0, 0.1) is 17.3 Å². The molecule has 0 radical (unpaired) electrons. The van der Waals surface area contributed by atoms with Gasteiger partial charge in [-0.25, -0.2) is 4.99 Å². The molecule has 1 aliphatic heterocycles. The monoisotopic (exact) mass is 276 g/mol. The number of rotatable bonds is 2. The summed E-state index contributed by atoms with van der Waals surface area (Å²) in [5.41, 5.74) is -0.946. The van der Waals surface area contributed by atoms with Crippen molar-refractivity contribution in [3.05, 3.63) is 0 Å². The van der Waals surface area contributed by atoms with Gasteiger partial charge in [-0.2, -0.15) is 0 Å². The van der Waals surface area contributed by atoms with Gasteiger partial charge in [-0.05, 0) is 49.2 Å². The van der Waals surface area contributed by atoms with E-state index in [2.05, 4.69) is 17.2 Å². The van der Waals surface area contributed by atoms with E-state index in [-0.39, 0.29) is 58.3 Å². The number of hydrogen-bond acceptors (Lipinski definition) is 3. The fourth-order valence-electron chi connectivity index (χ4n) is 3.33. The minimum atomic E-state index is -0.946. The smallest absolute Gasteiger partial charge is 0.861 e. The van der Waals surface area contributed by atoms with E-state index in [0.717, 1.165) is 25.7 Å². The van der Waals surface area contributed by atoms with E-state index in [1.54, 1.807) is 0 Å². The molecule has 1 aliphatic carbocycles. The maximum Gasteiger partial charge on any atom is 1.00 e. The Labute approximate surface area is 135 Å². The molecule has 1 heterocycles. The van der Waals surface area contributed by atoms with Crippen molar-refractivity contribution in [2.24, 2.45) is 22.2 Å². The van der Waals surface area contributed by atoms with Gasteiger partial charge in [0, 0.05) is 0 Å². The molecule has 18 heavy (non-hydrogen) atoms. The van der Waals surface area contributed by atoms with E-state index in [1.165, 1.54) is 0 Å². The van der Waals surface area contributed by atoms with Crippen LogP contribution in [0.25, 0.3) is 0 Å². The van der Waals surface area contributed by atoms with Crippen LogP contribution in [-0.4, -0.2) is 16.9 Å². The molecule has 0 aromatic heterocycles. The molecule has 2 rings (SSSR count). The van der Waals surface area contributed by atoms with Gasteiger partial charge in [-0.1, -0.05) is 20.3 Å². The first-order valence-electron chi connectivity index (χ1n) is 6.15. The Hall–Kier alpha value is 0.0300. The van der Waals surface area contributed by atoms with Gasteiger partial charge in [-0.15, -0.1) is 0 Å². The van der Waals surface area contributed by atoms with Gasteiger partial charge < -0.3 is 10.4 Å². The largest absolute Gasteiger partial charge is 1.00 e. The summed E-state index contributed by atoms with van der Waals surface area (Å²) >= 11 is 4.80. The van der Waals surface area contributed by atoms with E-state index in [0.29, 0.717) is 0 Å². The van der Waals surface area contributed by atoms with Gasteiger partial charge in [0.2, 0.25) is 5.91 Å². The van der Waals surface area contributed by atoms with Gasteiger partial charge in [0.15, 0.2) is 5.11 Å². The maximum absolute atomic E-state index is 12.3. The van der Waals surface area contributed by atoms with Crippen LogP contribution in [0.15, 0.2) is 4.99 Å². The van der Waals surface area contributed by atoms with Gasteiger partial charge in [0.05, 0.1) is 5.41 Å². The number of nitrogens with zero attached hydrogens (tertiary/aromatic N) is 1. The van der Waals surface area contributed by atoms with E-state index in [1.807, 2.05) is 6.92 Å². The molecule has 1 amide bonds. The molecule has 3 atom stereocenters. The molecule has 0 aromatic carbocycles. The third-order valence-corrected chi connectivity index (χ3v) is 4.35. The number of aliphatic imine (C=N–C) groups is 1. The normalized spacial score (nSPS) is 35.1. The second kappa shape index (κ2) is 5.99. The maximum atomic E-state index is 12.3. The topological polar surface area (TPSA) is 64.5 Å². The van der Waals surface area contributed by atoms with Gasteiger partial charge in [-0.3, -0.25) is 4.79 Å². The van der Waals surface area contributed by atoms with Gasteiger partial charge >= 0.3 is 29.6 Å². The summed E-state index contributed by atoms with van der Waals surface area (Å²) in [6.45, 7) is 4.04. The quantitative estimate of drug-likeness (QED) is 0.468. The summed E-state index contributed by atoms with van der Waals surface area (Å²) in [5, 5.41) is 14.8. The molecule has 1 N–H and O–H groups in total. The first kappa shape index (κ1) is 16.1. The van der Waals surface area contributed by atoms with E-state index in [9.17, 15) is 9.90 Å². The number of carbonyl (C=O) groups is 1. The summed E-state index contributed by atoms with van der Waals surface area (Å²) in [7, 11) is 0. The SMILES string of the molecule is CCCC1CCC(C)C12C(=O)NC(=S)N=C2[O-].[Na+]. The summed E-state index contributed by atoms with van der Waals surface area (Å²) < 4.78 is 0. The van der Waals surface area contributed by atoms with Crippen molar-refractivity contribution in [2.75, 3.05) is 0 Å². The van der Waals surface area contributed by atoms with Crippen LogP contribution in [0.3, 0.4) is 0 Å². The average molecular weight is 276 g/mol. The van der Waals surface area contributed by atoms with Crippen LogP contribution in [0.1, 0.15) is 39.5 Å². The molecular formula is C12H17N2NaO2S. The minimum Gasteiger partial charge on any atom is -0.861 e. The standard InChI is InChI=1S/C12H18N2O2S.Na/c1-3-4-8-6-5-7(2)12(8)9(15)13-11(17)14-10(12)16;/h7-8H,3-6H2,1-2H3,(H2,13,14,15,16,17);/q;+1/p-1. The van der Waals surface area contributed by atoms with Crippen molar-refractivity contribution in [1.82, 2.24) is 5.32 Å². The van der Waals surface area contributed by atoms with Gasteiger partial charge in [0.1, 0.15) is 0 Å². The molecule has 94 valence electrons.